The quantitative estimate of drug-likeness (QED) is 0.609. The van der Waals surface area contributed by atoms with E-state index in [9.17, 15) is 14.4 Å². The zero-order valence-electron chi connectivity index (χ0n) is 17.7. The third-order valence-electron chi connectivity index (χ3n) is 5.64. The number of hydrogen-bond donors (Lipinski definition) is 3. The van der Waals surface area contributed by atoms with Crippen LogP contribution in [0.4, 0.5) is 10.5 Å². The van der Waals surface area contributed by atoms with Crippen molar-refractivity contribution in [2.75, 3.05) is 11.9 Å². The lowest BCUT2D eigenvalue weighted by Crippen LogP contribution is -2.48. The lowest BCUT2D eigenvalue weighted by Gasteiger charge is -2.34. The van der Waals surface area contributed by atoms with Crippen LogP contribution in [0.25, 0.3) is 0 Å². The summed E-state index contributed by atoms with van der Waals surface area (Å²) in [5, 5.41) is 8.28. The Morgan fingerprint density at radius 3 is 2.45 bits per heavy atom. The molecular formula is C22H33N3O4. The van der Waals surface area contributed by atoms with Gasteiger partial charge in [0.2, 0.25) is 0 Å². The predicted molar refractivity (Wildman–Crippen MR) is 112 cm³/mol. The molecule has 1 fully saturated rings. The van der Waals surface area contributed by atoms with E-state index in [1.807, 2.05) is 6.07 Å². The van der Waals surface area contributed by atoms with E-state index in [1.54, 1.807) is 38.1 Å². The van der Waals surface area contributed by atoms with Crippen molar-refractivity contribution in [3.63, 3.8) is 0 Å². The van der Waals surface area contributed by atoms with Gasteiger partial charge in [-0.1, -0.05) is 58.7 Å². The first kappa shape index (κ1) is 22.7. The van der Waals surface area contributed by atoms with Crippen LogP contribution in [0.5, 0.6) is 0 Å². The van der Waals surface area contributed by atoms with Crippen LogP contribution in [-0.4, -0.2) is 36.6 Å². The summed E-state index contributed by atoms with van der Waals surface area (Å²) in [6.07, 6.45) is 3.21. The topological polar surface area (TPSA) is 96.5 Å². The molecule has 1 aliphatic rings. The van der Waals surface area contributed by atoms with Gasteiger partial charge >= 0.3 is 12.0 Å². The van der Waals surface area contributed by atoms with Crippen LogP contribution < -0.4 is 16.0 Å². The van der Waals surface area contributed by atoms with E-state index < -0.39 is 18.0 Å². The Morgan fingerprint density at radius 2 is 1.79 bits per heavy atom. The van der Waals surface area contributed by atoms with Crippen molar-refractivity contribution in [3.05, 3.63) is 30.3 Å². The van der Waals surface area contributed by atoms with Gasteiger partial charge in [-0.3, -0.25) is 4.79 Å². The van der Waals surface area contributed by atoms with E-state index in [-0.39, 0.29) is 24.5 Å². The summed E-state index contributed by atoms with van der Waals surface area (Å²) in [4.78, 5) is 36.9. The second-order valence-corrected chi connectivity index (χ2v) is 8.24. The standard InChI is InChI=1S/C22H33N3O4/c1-14(2)20(25-22(28)23-17-10-6-5-7-11-17)21(27)29-13-19(26)24-18-12-8-9-15(3)16(18)4/h5-7,10-11,14-16,18,20H,8-9,12-13H2,1-4H3,(H,24,26)(H2,23,25,28)/t15-,16-,18+,20-/m1/s1. The molecule has 0 radical (unpaired) electrons. The molecule has 0 bridgehead atoms. The van der Waals surface area contributed by atoms with E-state index in [0.29, 0.717) is 17.5 Å². The third kappa shape index (κ3) is 7.07. The summed E-state index contributed by atoms with van der Waals surface area (Å²) in [6, 6.07) is 7.71. The third-order valence-corrected chi connectivity index (χ3v) is 5.64. The minimum atomic E-state index is -0.847. The minimum Gasteiger partial charge on any atom is -0.454 e. The minimum absolute atomic E-state index is 0.112. The van der Waals surface area contributed by atoms with Crippen molar-refractivity contribution in [2.45, 2.75) is 59.0 Å². The summed E-state index contributed by atoms with van der Waals surface area (Å²) in [5.74, 6) is -0.153. The number of amides is 3. The van der Waals surface area contributed by atoms with Crippen LogP contribution in [0.1, 0.15) is 47.0 Å². The molecule has 4 atom stereocenters. The monoisotopic (exact) mass is 403 g/mol. The van der Waals surface area contributed by atoms with E-state index in [0.717, 1.165) is 12.8 Å². The highest BCUT2D eigenvalue weighted by molar-refractivity contribution is 5.93. The number of para-hydroxylation sites is 1. The van der Waals surface area contributed by atoms with Crippen molar-refractivity contribution >= 4 is 23.6 Å². The number of rotatable bonds is 7. The number of carbonyl (C=O) groups excluding carboxylic acids is 3. The van der Waals surface area contributed by atoms with E-state index >= 15 is 0 Å². The van der Waals surface area contributed by atoms with Gasteiger partial charge in [0.05, 0.1) is 0 Å². The van der Waals surface area contributed by atoms with Crippen molar-refractivity contribution in [1.29, 1.82) is 0 Å². The normalized spacial score (nSPS) is 22.4. The highest BCUT2D eigenvalue weighted by Gasteiger charge is 2.29. The summed E-state index contributed by atoms with van der Waals surface area (Å²) >= 11 is 0. The molecule has 1 aliphatic carbocycles. The highest BCUT2D eigenvalue weighted by atomic mass is 16.5. The lowest BCUT2D eigenvalue weighted by molar-refractivity contribution is -0.151. The van der Waals surface area contributed by atoms with E-state index in [2.05, 4.69) is 29.8 Å². The van der Waals surface area contributed by atoms with Crippen LogP contribution in [0.3, 0.4) is 0 Å². The summed E-state index contributed by atoms with van der Waals surface area (Å²) in [7, 11) is 0. The Morgan fingerprint density at radius 1 is 1.10 bits per heavy atom. The number of esters is 1. The molecule has 0 aromatic heterocycles. The number of ether oxygens (including phenoxy) is 1. The lowest BCUT2D eigenvalue weighted by atomic mass is 9.78. The molecule has 0 unspecified atom stereocenters. The van der Waals surface area contributed by atoms with Crippen LogP contribution >= 0.6 is 0 Å². The molecule has 7 heteroatoms. The van der Waals surface area contributed by atoms with Gasteiger partial charge in [-0.15, -0.1) is 0 Å². The molecule has 1 aromatic rings. The zero-order valence-corrected chi connectivity index (χ0v) is 17.7. The number of anilines is 1. The molecule has 3 amide bonds. The first-order valence-electron chi connectivity index (χ1n) is 10.4. The predicted octanol–water partition coefficient (Wildman–Crippen LogP) is 3.32. The van der Waals surface area contributed by atoms with Gasteiger partial charge in [0, 0.05) is 11.7 Å². The van der Waals surface area contributed by atoms with Gasteiger partial charge in [0.1, 0.15) is 6.04 Å². The van der Waals surface area contributed by atoms with Crippen LogP contribution in [0, 0.1) is 17.8 Å². The second-order valence-electron chi connectivity index (χ2n) is 8.24. The maximum absolute atomic E-state index is 12.4. The van der Waals surface area contributed by atoms with E-state index in [1.165, 1.54) is 6.42 Å². The van der Waals surface area contributed by atoms with Gasteiger partial charge in [0.25, 0.3) is 5.91 Å². The molecule has 2 rings (SSSR count). The molecule has 160 valence electrons. The first-order chi connectivity index (χ1) is 13.8. The Balaban J connectivity index is 1.82. The number of benzene rings is 1. The maximum Gasteiger partial charge on any atom is 0.329 e. The average Bonchev–Trinajstić information content (AvgIpc) is 2.68. The largest absolute Gasteiger partial charge is 0.454 e. The van der Waals surface area contributed by atoms with E-state index in [4.69, 9.17) is 4.74 Å². The summed E-state index contributed by atoms with van der Waals surface area (Å²) in [5.41, 5.74) is 0.621. The molecule has 1 saturated carbocycles. The maximum atomic E-state index is 12.4. The highest BCUT2D eigenvalue weighted by Crippen LogP contribution is 2.29. The molecule has 3 N–H and O–H groups in total. The molecule has 0 heterocycles. The first-order valence-corrected chi connectivity index (χ1v) is 10.4. The molecule has 29 heavy (non-hydrogen) atoms. The molecule has 0 aliphatic heterocycles. The molecule has 7 nitrogen and oxygen atoms in total. The Bertz CT molecular complexity index is 693. The fourth-order valence-corrected chi connectivity index (χ4v) is 3.59. The van der Waals surface area contributed by atoms with Gasteiger partial charge < -0.3 is 20.7 Å². The molecule has 1 aromatic carbocycles. The van der Waals surface area contributed by atoms with Crippen LogP contribution in [0.15, 0.2) is 30.3 Å². The van der Waals surface area contributed by atoms with Crippen molar-refractivity contribution in [3.8, 4) is 0 Å². The van der Waals surface area contributed by atoms with Gasteiger partial charge in [-0.05, 0) is 36.3 Å². The van der Waals surface area contributed by atoms with Gasteiger partial charge in [-0.2, -0.15) is 0 Å². The van der Waals surface area contributed by atoms with Crippen molar-refractivity contribution in [2.24, 2.45) is 17.8 Å². The van der Waals surface area contributed by atoms with Crippen LogP contribution in [0.2, 0.25) is 0 Å². The average molecular weight is 404 g/mol. The number of carbonyl (C=O) groups is 3. The number of urea groups is 1. The number of nitrogens with one attached hydrogen (secondary N) is 3. The number of hydrogen-bond acceptors (Lipinski definition) is 4. The van der Waals surface area contributed by atoms with Crippen molar-refractivity contribution in [1.82, 2.24) is 10.6 Å². The Labute approximate surface area is 173 Å². The van der Waals surface area contributed by atoms with Crippen LogP contribution in [-0.2, 0) is 14.3 Å². The second kappa shape index (κ2) is 10.8. The molecule has 0 spiro atoms. The van der Waals surface area contributed by atoms with Crippen molar-refractivity contribution < 1.29 is 19.1 Å². The SMILES string of the molecule is CC(C)[C@@H](NC(=O)Nc1ccccc1)C(=O)OCC(=O)N[C@H]1CCC[C@@H](C)[C@H]1C. The fourth-order valence-electron chi connectivity index (χ4n) is 3.59. The molecular weight excluding hydrogens is 370 g/mol. The summed E-state index contributed by atoms with van der Waals surface area (Å²) in [6.45, 7) is 7.61. The fraction of sp³-hybridized carbons (Fsp3) is 0.591. The van der Waals surface area contributed by atoms with Gasteiger partial charge in [0.15, 0.2) is 6.61 Å². The smallest absolute Gasteiger partial charge is 0.329 e. The summed E-state index contributed by atoms with van der Waals surface area (Å²) < 4.78 is 5.19. The van der Waals surface area contributed by atoms with Gasteiger partial charge in [-0.25, -0.2) is 9.59 Å². The zero-order chi connectivity index (χ0) is 21.4. The Kier molecular flexibility index (Phi) is 8.49. The molecule has 0 saturated heterocycles. The Hall–Kier alpha value is -2.57.